The van der Waals surface area contributed by atoms with Crippen LogP contribution in [0.1, 0.15) is 40.5 Å². The highest BCUT2D eigenvalue weighted by Gasteiger charge is 2.17. The Balaban J connectivity index is 3.54. The second kappa shape index (κ2) is 4.88. The lowest BCUT2D eigenvalue weighted by atomic mass is 10.0. The summed E-state index contributed by atoms with van der Waals surface area (Å²) >= 11 is 1.92. The van der Waals surface area contributed by atoms with Crippen molar-refractivity contribution < 1.29 is 0 Å². The summed E-state index contributed by atoms with van der Waals surface area (Å²) in [7, 11) is 0. The Morgan fingerprint density at radius 3 is 2.23 bits per heavy atom. The van der Waals surface area contributed by atoms with Crippen molar-refractivity contribution in [1.29, 1.82) is 5.26 Å². The van der Waals surface area contributed by atoms with Gasteiger partial charge >= 0.3 is 0 Å². The molecule has 0 aliphatic rings. The first-order valence-electron chi connectivity index (χ1n) is 4.61. The minimum absolute atomic E-state index is 0.317. The molecule has 0 aliphatic carbocycles. The van der Waals surface area contributed by atoms with Gasteiger partial charge in [-0.1, -0.05) is 20.8 Å². The fourth-order valence-electron chi connectivity index (χ4n) is 0.874. The van der Waals surface area contributed by atoms with Gasteiger partial charge in [-0.3, -0.25) is 0 Å². The molecule has 0 radical (unpaired) electrons. The Morgan fingerprint density at radius 2 is 1.85 bits per heavy atom. The normalized spacial score (nSPS) is 16.3. The molecular formula is C10H20N2S. The predicted octanol–water partition coefficient (Wildman–Crippen LogP) is 2.54. The summed E-state index contributed by atoms with van der Waals surface area (Å²) in [5.74, 6) is 1.08. The molecule has 0 rings (SSSR count). The highest BCUT2D eigenvalue weighted by Crippen LogP contribution is 2.24. The molecule has 0 saturated heterocycles. The molecule has 0 aromatic carbocycles. The number of nitrogens with two attached hydrogens (primary N) is 1. The molecule has 1 unspecified atom stereocenters. The van der Waals surface area contributed by atoms with E-state index in [-0.39, 0.29) is 0 Å². The lowest BCUT2D eigenvalue weighted by Crippen LogP contribution is -2.34. The fourth-order valence-corrected chi connectivity index (χ4v) is 1.77. The van der Waals surface area contributed by atoms with Crippen molar-refractivity contribution in [3.05, 3.63) is 0 Å². The number of hydrogen-bond donors (Lipinski definition) is 1. The van der Waals surface area contributed by atoms with Crippen molar-refractivity contribution in [1.82, 2.24) is 0 Å². The van der Waals surface area contributed by atoms with Crippen LogP contribution in [0.25, 0.3) is 0 Å². The zero-order valence-corrected chi connectivity index (χ0v) is 9.87. The van der Waals surface area contributed by atoms with Gasteiger partial charge in [-0.2, -0.15) is 17.0 Å². The zero-order chi connectivity index (χ0) is 10.5. The van der Waals surface area contributed by atoms with Crippen molar-refractivity contribution in [2.45, 2.75) is 50.8 Å². The van der Waals surface area contributed by atoms with E-state index in [1.54, 1.807) is 6.92 Å². The van der Waals surface area contributed by atoms with Gasteiger partial charge in [0.1, 0.15) is 5.54 Å². The van der Waals surface area contributed by atoms with Gasteiger partial charge in [0.25, 0.3) is 0 Å². The summed E-state index contributed by atoms with van der Waals surface area (Å²) in [6, 6.07) is 2.11. The first-order chi connectivity index (χ1) is 5.77. The summed E-state index contributed by atoms with van der Waals surface area (Å²) in [6.45, 7) is 8.38. The molecule has 0 spiro atoms. The van der Waals surface area contributed by atoms with Crippen molar-refractivity contribution in [3.8, 4) is 6.07 Å². The van der Waals surface area contributed by atoms with Gasteiger partial charge in [-0.15, -0.1) is 0 Å². The average molecular weight is 200 g/mol. The molecule has 0 saturated carbocycles. The second-order valence-corrected chi connectivity index (χ2v) is 6.52. The van der Waals surface area contributed by atoms with Crippen LogP contribution >= 0.6 is 11.8 Å². The smallest absolute Gasteiger partial charge is 0.101 e. The average Bonchev–Trinajstić information content (AvgIpc) is 1.97. The lowest BCUT2D eigenvalue weighted by Gasteiger charge is -2.19. The molecule has 13 heavy (non-hydrogen) atoms. The third-order valence-corrected chi connectivity index (χ3v) is 2.99. The maximum absolute atomic E-state index is 8.67. The molecular weight excluding hydrogens is 180 g/mol. The molecule has 0 aliphatic heterocycles. The first-order valence-corrected chi connectivity index (χ1v) is 5.59. The van der Waals surface area contributed by atoms with Gasteiger partial charge in [-0.05, 0) is 25.5 Å². The van der Waals surface area contributed by atoms with Crippen LogP contribution in [0, 0.1) is 11.3 Å². The third-order valence-electron chi connectivity index (χ3n) is 1.63. The van der Waals surface area contributed by atoms with Crippen LogP contribution in [0.15, 0.2) is 0 Å². The van der Waals surface area contributed by atoms with Gasteiger partial charge in [0, 0.05) is 4.75 Å². The zero-order valence-electron chi connectivity index (χ0n) is 9.05. The van der Waals surface area contributed by atoms with Gasteiger partial charge in [0.2, 0.25) is 0 Å². The van der Waals surface area contributed by atoms with Crippen LogP contribution in [-0.4, -0.2) is 16.0 Å². The quantitative estimate of drug-likeness (QED) is 0.709. The molecule has 0 bridgehead atoms. The molecule has 0 heterocycles. The fraction of sp³-hybridized carbons (Fsp3) is 0.900. The predicted molar refractivity (Wildman–Crippen MR) is 59.7 cm³/mol. The Morgan fingerprint density at radius 1 is 1.31 bits per heavy atom. The third kappa shape index (κ3) is 8.14. The van der Waals surface area contributed by atoms with Gasteiger partial charge in [0.05, 0.1) is 6.07 Å². The monoisotopic (exact) mass is 200 g/mol. The number of nitrogens with zero attached hydrogens (tertiary/aromatic N) is 1. The van der Waals surface area contributed by atoms with Crippen molar-refractivity contribution in [2.75, 3.05) is 5.75 Å². The Labute approximate surface area is 85.9 Å². The maximum Gasteiger partial charge on any atom is 0.101 e. The van der Waals surface area contributed by atoms with E-state index in [1.165, 1.54) is 0 Å². The molecule has 2 N–H and O–H groups in total. The first kappa shape index (κ1) is 12.8. The van der Waals surface area contributed by atoms with Crippen LogP contribution in [-0.2, 0) is 0 Å². The summed E-state index contributed by atoms with van der Waals surface area (Å²) < 4.78 is 0.317. The van der Waals surface area contributed by atoms with E-state index >= 15 is 0 Å². The van der Waals surface area contributed by atoms with E-state index in [9.17, 15) is 0 Å². The van der Waals surface area contributed by atoms with Crippen molar-refractivity contribution in [3.63, 3.8) is 0 Å². The van der Waals surface area contributed by atoms with Crippen LogP contribution in [0.5, 0.6) is 0 Å². The lowest BCUT2D eigenvalue weighted by molar-refractivity contribution is 0.540. The van der Waals surface area contributed by atoms with Gasteiger partial charge in [0.15, 0.2) is 0 Å². The standard InChI is InChI=1S/C10H20N2S/c1-9(2,3)13-7-5-6-10(4,12)8-11/h5-7,12H2,1-4H3. The summed E-state index contributed by atoms with van der Waals surface area (Å²) in [4.78, 5) is 0. The molecule has 0 aromatic heterocycles. The summed E-state index contributed by atoms with van der Waals surface area (Å²) in [5, 5.41) is 8.67. The van der Waals surface area contributed by atoms with E-state index < -0.39 is 5.54 Å². The summed E-state index contributed by atoms with van der Waals surface area (Å²) in [6.07, 6.45) is 1.80. The van der Waals surface area contributed by atoms with E-state index in [2.05, 4.69) is 26.8 Å². The van der Waals surface area contributed by atoms with Gasteiger partial charge < -0.3 is 5.73 Å². The number of rotatable bonds is 4. The number of nitriles is 1. The van der Waals surface area contributed by atoms with E-state index in [0.717, 1.165) is 18.6 Å². The Bertz CT molecular complexity index is 186. The molecule has 0 aromatic rings. The number of hydrogen-bond acceptors (Lipinski definition) is 3. The van der Waals surface area contributed by atoms with Crippen LogP contribution in [0.4, 0.5) is 0 Å². The molecule has 76 valence electrons. The van der Waals surface area contributed by atoms with Crippen LogP contribution in [0.3, 0.4) is 0 Å². The van der Waals surface area contributed by atoms with Crippen molar-refractivity contribution >= 4 is 11.8 Å². The highest BCUT2D eigenvalue weighted by molar-refractivity contribution is 8.00. The minimum Gasteiger partial charge on any atom is -0.314 e. The molecule has 2 nitrogen and oxygen atoms in total. The van der Waals surface area contributed by atoms with E-state index in [0.29, 0.717) is 4.75 Å². The Hall–Kier alpha value is -0.200. The van der Waals surface area contributed by atoms with Crippen LogP contribution in [0.2, 0.25) is 0 Å². The molecule has 0 fully saturated rings. The molecule has 0 amide bonds. The minimum atomic E-state index is -0.640. The maximum atomic E-state index is 8.67. The SMILES string of the molecule is CC(N)(C#N)CCCSC(C)(C)C. The molecule has 1 atom stereocenters. The Kier molecular flexibility index (Phi) is 4.80. The topological polar surface area (TPSA) is 49.8 Å². The number of thioether (sulfide) groups is 1. The van der Waals surface area contributed by atoms with E-state index in [4.69, 9.17) is 11.0 Å². The second-order valence-electron chi connectivity index (χ2n) is 4.59. The highest BCUT2D eigenvalue weighted by atomic mass is 32.2. The van der Waals surface area contributed by atoms with Crippen molar-refractivity contribution in [2.24, 2.45) is 5.73 Å². The molecule has 3 heteroatoms. The largest absolute Gasteiger partial charge is 0.314 e. The van der Waals surface area contributed by atoms with Gasteiger partial charge in [-0.25, -0.2) is 0 Å². The van der Waals surface area contributed by atoms with E-state index in [1.807, 2.05) is 11.8 Å². The van der Waals surface area contributed by atoms with Crippen LogP contribution < -0.4 is 5.73 Å². The summed E-state index contributed by atoms with van der Waals surface area (Å²) in [5.41, 5.74) is 5.06.